The fourth-order valence-electron chi connectivity index (χ4n) is 2.78. The molecule has 1 fully saturated rings. The van der Waals surface area contributed by atoms with E-state index >= 15 is 0 Å². The van der Waals surface area contributed by atoms with Crippen LogP contribution in [-0.4, -0.2) is 44.1 Å². The van der Waals surface area contributed by atoms with Gasteiger partial charge in [-0.2, -0.15) is 0 Å². The predicted molar refractivity (Wildman–Crippen MR) is 83.3 cm³/mol. The first-order chi connectivity index (χ1) is 9.52. The van der Waals surface area contributed by atoms with Crippen molar-refractivity contribution in [3.63, 3.8) is 0 Å². The molecule has 0 unspecified atom stereocenters. The van der Waals surface area contributed by atoms with Crippen molar-refractivity contribution in [1.82, 2.24) is 10.2 Å². The molecule has 0 radical (unpaired) electrons. The van der Waals surface area contributed by atoms with Crippen LogP contribution >= 0.6 is 15.9 Å². The molecule has 2 atom stereocenters. The molecule has 1 aliphatic carbocycles. The van der Waals surface area contributed by atoms with Gasteiger partial charge in [-0.05, 0) is 67.5 Å². The van der Waals surface area contributed by atoms with E-state index in [-0.39, 0.29) is 11.9 Å². The number of hydrogen-bond acceptors (Lipinski definition) is 3. The Kier molecular flexibility index (Phi) is 5.05. The summed E-state index contributed by atoms with van der Waals surface area (Å²) in [6.07, 6.45) is 3.33. The van der Waals surface area contributed by atoms with Gasteiger partial charge in [0.2, 0.25) is 0 Å². The average Bonchev–Trinajstić information content (AvgIpc) is 2.87. The molecule has 2 rings (SSSR count). The number of nitrogens with zero attached hydrogens (tertiary/aromatic N) is 1. The normalized spacial score (nSPS) is 22.1. The lowest BCUT2D eigenvalue weighted by Gasteiger charge is -2.27. The third kappa shape index (κ3) is 3.33. The minimum Gasteiger partial charge on any atom is -0.497 e. The van der Waals surface area contributed by atoms with Crippen LogP contribution in [-0.2, 0) is 0 Å². The second kappa shape index (κ2) is 6.59. The number of benzene rings is 1. The molecular formula is C15H21BrN2O2. The number of methoxy groups -OCH3 is 1. The lowest BCUT2D eigenvalue weighted by atomic mass is 10.1. The Balaban J connectivity index is 2.12. The number of carbonyl (C=O) groups excluding carboxylic acids is 1. The van der Waals surface area contributed by atoms with Gasteiger partial charge < -0.3 is 15.0 Å². The molecule has 20 heavy (non-hydrogen) atoms. The molecule has 5 heteroatoms. The third-order valence-corrected chi connectivity index (χ3v) is 4.57. The summed E-state index contributed by atoms with van der Waals surface area (Å²) in [5.41, 5.74) is 0.619. The van der Waals surface area contributed by atoms with Crippen molar-refractivity contribution in [2.75, 3.05) is 21.2 Å². The van der Waals surface area contributed by atoms with E-state index in [0.717, 1.165) is 23.7 Å². The molecule has 110 valence electrons. The van der Waals surface area contributed by atoms with Gasteiger partial charge in [-0.25, -0.2) is 0 Å². The first-order valence-corrected chi connectivity index (χ1v) is 7.63. The summed E-state index contributed by atoms with van der Waals surface area (Å²) in [7, 11) is 5.73. The number of halogens is 1. The van der Waals surface area contributed by atoms with Crippen LogP contribution in [0.4, 0.5) is 0 Å². The van der Waals surface area contributed by atoms with Gasteiger partial charge in [0.25, 0.3) is 5.91 Å². The molecule has 0 aliphatic heterocycles. The van der Waals surface area contributed by atoms with Crippen LogP contribution in [0.25, 0.3) is 0 Å². The monoisotopic (exact) mass is 340 g/mol. The van der Waals surface area contributed by atoms with Gasteiger partial charge in [0.1, 0.15) is 5.75 Å². The van der Waals surface area contributed by atoms with E-state index in [1.807, 2.05) is 12.1 Å². The zero-order valence-electron chi connectivity index (χ0n) is 12.1. The molecule has 0 heterocycles. The van der Waals surface area contributed by atoms with Gasteiger partial charge in [-0.15, -0.1) is 0 Å². The van der Waals surface area contributed by atoms with Crippen molar-refractivity contribution >= 4 is 21.8 Å². The van der Waals surface area contributed by atoms with E-state index in [9.17, 15) is 4.79 Å². The third-order valence-electron chi connectivity index (χ3n) is 3.88. The molecule has 0 saturated heterocycles. The number of likely N-dealkylation sites (N-methyl/N-ethyl adjacent to an activating group) is 1. The van der Waals surface area contributed by atoms with E-state index in [4.69, 9.17) is 4.74 Å². The maximum Gasteiger partial charge on any atom is 0.252 e. The number of nitrogens with one attached hydrogen (secondary N) is 1. The molecule has 1 aliphatic rings. The van der Waals surface area contributed by atoms with Crippen molar-refractivity contribution in [2.45, 2.75) is 31.3 Å². The van der Waals surface area contributed by atoms with Crippen LogP contribution in [0.15, 0.2) is 22.7 Å². The first kappa shape index (κ1) is 15.3. The molecular weight excluding hydrogens is 320 g/mol. The molecule has 1 aromatic rings. The summed E-state index contributed by atoms with van der Waals surface area (Å²) < 4.78 is 5.97. The van der Waals surface area contributed by atoms with Gasteiger partial charge in [-0.1, -0.05) is 0 Å². The van der Waals surface area contributed by atoms with Gasteiger partial charge in [0, 0.05) is 16.6 Å². The summed E-state index contributed by atoms with van der Waals surface area (Å²) in [4.78, 5) is 14.6. The van der Waals surface area contributed by atoms with Gasteiger partial charge in [0.05, 0.1) is 12.7 Å². The van der Waals surface area contributed by atoms with Crippen molar-refractivity contribution < 1.29 is 9.53 Å². The second-order valence-electron chi connectivity index (χ2n) is 5.39. The van der Waals surface area contributed by atoms with Crippen LogP contribution in [0.1, 0.15) is 29.6 Å². The van der Waals surface area contributed by atoms with Gasteiger partial charge in [0.15, 0.2) is 0 Å². The van der Waals surface area contributed by atoms with E-state index in [2.05, 4.69) is 40.2 Å². The molecule has 0 bridgehead atoms. The zero-order chi connectivity index (χ0) is 14.7. The smallest absolute Gasteiger partial charge is 0.252 e. The van der Waals surface area contributed by atoms with Crippen LogP contribution in [0, 0.1) is 0 Å². The maximum atomic E-state index is 12.4. The van der Waals surface area contributed by atoms with Gasteiger partial charge in [-0.3, -0.25) is 4.79 Å². The number of carbonyl (C=O) groups is 1. The lowest BCUT2D eigenvalue weighted by molar-refractivity contribution is 0.0918. The fraction of sp³-hybridized carbons (Fsp3) is 0.533. The number of hydrogen-bond donors (Lipinski definition) is 1. The molecule has 1 saturated carbocycles. The highest BCUT2D eigenvalue weighted by atomic mass is 79.9. The van der Waals surface area contributed by atoms with E-state index in [1.165, 1.54) is 0 Å². The second-order valence-corrected chi connectivity index (χ2v) is 6.24. The average molecular weight is 341 g/mol. The molecule has 1 N–H and O–H groups in total. The number of amides is 1. The highest BCUT2D eigenvalue weighted by Crippen LogP contribution is 2.25. The molecule has 1 aromatic carbocycles. The Bertz CT molecular complexity index is 491. The zero-order valence-corrected chi connectivity index (χ0v) is 13.7. The van der Waals surface area contributed by atoms with Gasteiger partial charge >= 0.3 is 0 Å². The van der Waals surface area contributed by atoms with Crippen LogP contribution in [0.5, 0.6) is 5.75 Å². The lowest BCUT2D eigenvalue weighted by Crippen LogP contribution is -2.46. The largest absolute Gasteiger partial charge is 0.497 e. The van der Waals surface area contributed by atoms with Crippen molar-refractivity contribution in [2.24, 2.45) is 0 Å². The van der Waals surface area contributed by atoms with E-state index in [0.29, 0.717) is 17.4 Å². The number of ether oxygens (including phenoxy) is 1. The van der Waals surface area contributed by atoms with Crippen LogP contribution in [0.3, 0.4) is 0 Å². The van der Waals surface area contributed by atoms with E-state index < -0.39 is 0 Å². The highest BCUT2D eigenvalue weighted by molar-refractivity contribution is 9.10. The van der Waals surface area contributed by atoms with Crippen LogP contribution < -0.4 is 10.1 Å². The fourth-order valence-corrected chi connectivity index (χ4v) is 3.21. The number of rotatable bonds is 4. The Hall–Kier alpha value is -1.07. The SMILES string of the molecule is COc1ccc(Br)c(C(=O)N[C@@H]2CCC[C@H]2N(C)C)c1. The first-order valence-electron chi connectivity index (χ1n) is 6.83. The van der Waals surface area contributed by atoms with E-state index in [1.54, 1.807) is 13.2 Å². The molecule has 0 aromatic heterocycles. The predicted octanol–water partition coefficient (Wildman–Crippen LogP) is 2.67. The summed E-state index contributed by atoms with van der Waals surface area (Å²) in [5, 5.41) is 3.15. The minimum absolute atomic E-state index is 0.0467. The standard InChI is InChI=1S/C15H21BrN2O2/c1-18(2)14-6-4-5-13(14)17-15(19)11-9-10(20-3)7-8-12(11)16/h7-9,13-14H,4-6H2,1-3H3,(H,17,19)/t13-,14-/m1/s1. The summed E-state index contributed by atoms with van der Waals surface area (Å²) >= 11 is 3.43. The highest BCUT2D eigenvalue weighted by Gasteiger charge is 2.30. The molecule has 0 spiro atoms. The van der Waals surface area contributed by atoms with Crippen molar-refractivity contribution in [3.8, 4) is 5.75 Å². The minimum atomic E-state index is -0.0467. The molecule has 1 amide bonds. The summed E-state index contributed by atoms with van der Waals surface area (Å²) in [6.45, 7) is 0. The summed E-state index contributed by atoms with van der Waals surface area (Å²) in [6, 6.07) is 6.07. The topological polar surface area (TPSA) is 41.6 Å². The molecule has 4 nitrogen and oxygen atoms in total. The Morgan fingerprint density at radius 1 is 1.40 bits per heavy atom. The summed E-state index contributed by atoms with van der Waals surface area (Å²) in [5.74, 6) is 0.642. The quantitative estimate of drug-likeness (QED) is 0.916. The Morgan fingerprint density at radius 3 is 2.80 bits per heavy atom. The van der Waals surface area contributed by atoms with Crippen molar-refractivity contribution in [3.05, 3.63) is 28.2 Å². The Labute approximate surface area is 128 Å². The maximum absolute atomic E-state index is 12.4. The Morgan fingerprint density at radius 2 is 2.15 bits per heavy atom. The van der Waals surface area contributed by atoms with Crippen LogP contribution in [0.2, 0.25) is 0 Å². The van der Waals surface area contributed by atoms with Crippen molar-refractivity contribution in [1.29, 1.82) is 0 Å².